The number of rotatable bonds is 0. The Morgan fingerprint density at radius 3 is 3.18 bits per heavy atom. The third kappa shape index (κ3) is 0.808. The summed E-state index contributed by atoms with van der Waals surface area (Å²) in [6, 6.07) is 1.82. The molecule has 0 fully saturated rings. The van der Waals surface area contributed by atoms with Gasteiger partial charge in [0.2, 0.25) is 0 Å². The van der Waals surface area contributed by atoms with E-state index >= 15 is 0 Å². The summed E-state index contributed by atoms with van der Waals surface area (Å²) in [5.41, 5.74) is 2.22. The SMILES string of the molecule is Cc1c(F)cnc2cc[nH]c12. The minimum atomic E-state index is -0.264. The second kappa shape index (κ2) is 2.05. The molecule has 0 bridgehead atoms. The molecule has 0 aliphatic rings. The number of H-pyrrole nitrogens is 1. The van der Waals surface area contributed by atoms with Crippen LogP contribution in [0.5, 0.6) is 0 Å². The van der Waals surface area contributed by atoms with Crippen molar-refractivity contribution in [1.29, 1.82) is 0 Å². The molecule has 0 radical (unpaired) electrons. The highest BCUT2D eigenvalue weighted by atomic mass is 19.1. The van der Waals surface area contributed by atoms with E-state index in [1.807, 2.05) is 6.07 Å². The second-order valence-corrected chi connectivity index (χ2v) is 2.47. The molecule has 0 amide bonds. The van der Waals surface area contributed by atoms with Crippen molar-refractivity contribution in [3.63, 3.8) is 0 Å². The molecule has 2 aromatic heterocycles. The molecule has 0 saturated heterocycles. The van der Waals surface area contributed by atoms with E-state index in [-0.39, 0.29) is 5.82 Å². The van der Waals surface area contributed by atoms with Crippen LogP contribution in [0.2, 0.25) is 0 Å². The molecule has 0 aromatic carbocycles. The fraction of sp³-hybridized carbons (Fsp3) is 0.125. The maximum atomic E-state index is 12.8. The fourth-order valence-corrected chi connectivity index (χ4v) is 1.11. The lowest BCUT2D eigenvalue weighted by atomic mass is 10.2. The number of nitrogens with zero attached hydrogens (tertiary/aromatic N) is 1. The van der Waals surface area contributed by atoms with Gasteiger partial charge in [0.05, 0.1) is 17.2 Å². The van der Waals surface area contributed by atoms with Crippen molar-refractivity contribution in [3.05, 3.63) is 29.8 Å². The lowest BCUT2D eigenvalue weighted by molar-refractivity contribution is 0.615. The summed E-state index contributed by atoms with van der Waals surface area (Å²) < 4.78 is 12.8. The normalized spacial score (nSPS) is 10.7. The van der Waals surface area contributed by atoms with Crippen LogP contribution in [0.4, 0.5) is 4.39 Å². The Balaban J connectivity index is 2.93. The van der Waals surface area contributed by atoms with E-state index in [4.69, 9.17) is 0 Å². The van der Waals surface area contributed by atoms with Crippen molar-refractivity contribution >= 4 is 11.0 Å². The van der Waals surface area contributed by atoms with Crippen LogP contribution in [0.3, 0.4) is 0 Å². The first kappa shape index (κ1) is 6.34. The minimum Gasteiger partial charge on any atom is -0.360 e. The maximum Gasteiger partial charge on any atom is 0.146 e. The molecule has 2 nitrogen and oxygen atoms in total. The van der Waals surface area contributed by atoms with Gasteiger partial charge in [-0.2, -0.15) is 0 Å². The van der Waals surface area contributed by atoms with Gasteiger partial charge in [0, 0.05) is 11.8 Å². The van der Waals surface area contributed by atoms with Gasteiger partial charge >= 0.3 is 0 Å². The van der Waals surface area contributed by atoms with Crippen molar-refractivity contribution in [2.75, 3.05) is 0 Å². The van der Waals surface area contributed by atoms with Gasteiger partial charge in [-0.05, 0) is 13.0 Å². The molecule has 0 saturated carbocycles. The van der Waals surface area contributed by atoms with Gasteiger partial charge in [-0.3, -0.25) is 4.98 Å². The Kier molecular flexibility index (Phi) is 1.18. The predicted octanol–water partition coefficient (Wildman–Crippen LogP) is 2.01. The smallest absolute Gasteiger partial charge is 0.146 e. The van der Waals surface area contributed by atoms with Gasteiger partial charge in [0.1, 0.15) is 5.82 Å². The summed E-state index contributed by atoms with van der Waals surface area (Å²) >= 11 is 0. The van der Waals surface area contributed by atoms with Gasteiger partial charge in [0.15, 0.2) is 0 Å². The zero-order valence-electron chi connectivity index (χ0n) is 6.06. The van der Waals surface area contributed by atoms with Crippen LogP contribution in [0.1, 0.15) is 5.56 Å². The summed E-state index contributed by atoms with van der Waals surface area (Å²) in [4.78, 5) is 6.82. The molecule has 3 heteroatoms. The lowest BCUT2D eigenvalue weighted by Crippen LogP contribution is -1.85. The molecular weight excluding hydrogens is 143 g/mol. The molecule has 0 unspecified atom stereocenters. The number of aromatic nitrogens is 2. The number of aromatic amines is 1. The molecule has 2 aromatic rings. The average molecular weight is 150 g/mol. The van der Waals surface area contributed by atoms with Gasteiger partial charge in [-0.1, -0.05) is 0 Å². The summed E-state index contributed by atoms with van der Waals surface area (Å²) in [6.07, 6.45) is 3.00. The summed E-state index contributed by atoms with van der Waals surface area (Å²) in [5.74, 6) is -0.264. The Morgan fingerprint density at radius 1 is 1.55 bits per heavy atom. The maximum absolute atomic E-state index is 12.8. The molecule has 0 spiro atoms. The van der Waals surface area contributed by atoms with Crippen LogP contribution in [0, 0.1) is 12.7 Å². The van der Waals surface area contributed by atoms with E-state index < -0.39 is 0 Å². The Labute approximate surface area is 63.1 Å². The molecule has 1 N–H and O–H groups in total. The summed E-state index contributed by atoms with van der Waals surface area (Å²) in [7, 11) is 0. The molecular formula is C8H7FN2. The first-order valence-electron chi connectivity index (χ1n) is 3.37. The van der Waals surface area contributed by atoms with Crippen LogP contribution in [0.15, 0.2) is 18.5 Å². The van der Waals surface area contributed by atoms with Gasteiger partial charge in [-0.25, -0.2) is 4.39 Å². The van der Waals surface area contributed by atoms with Crippen LogP contribution in [0.25, 0.3) is 11.0 Å². The molecule has 2 heterocycles. The zero-order valence-corrected chi connectivity index (χ0v) is 6.06. The van der Waals surface area contributed by atoms with Crippen LogP contribution in [-0.4, -0.2) is 9.97 Å². The third-order valence-corrected chi connectivity index (χ3v) is 1.78. The van der Waals surface area contributed by atoms with Gasteiger partial charge in [-0.15, -0.1) is 0 Å². The number of pyridine rings is 1. The number of hydrogen-bond donors (Lipinski definition) is 1. The fourth-order valence-electron chi connectivity index (χ4n) is 1.11. The number of fused-ring (bicyclic) bond motifs is 1. The van der Waals surface area contributed by atoms with E-state index in [0.717, 1.165) is 11.0 Å². The second-order valence-electron chi connectivity index (χ2n) is 2.47. The van der Waals surface area contributed by atoms with Crippen LogP contribution < -0.4 is 0 Å². The third-order valence-electron chi connectivity index (χ3n) is 1.78. The van der Waals surface area contributed by atoms with E-state index in [0.29, 0.717) is 5.56 Å². The molecule has 2 rings (SSSR count). The average Bonchev–Trinajstić information content (AvgIpc) is 2.45. The number of hydrogen-bond acceptors (Lipinski definition) is 1. The number of nitrogens with one attached hydrogen (secondary N) is 1. The Bertz CT molecular complexity index is 392. The van der Waals surface area contributed by atoms with E-state index in [2.05, 4.69) is 9.97 Å². The Hall–Kier alpha value is -1.38. The lowest BCUT2D eigenvalue weighted by Gasteiger charge is -1.95. The highest BCUT2D eigenvalue weighted by Gasteiger charge is 2.03. The van der Waals surface area contributed by atoms with E-state index in [9.17, 15) is 4.39 Å². The summed E-state index contributed by atoms with van der Waals surface area (Å²) in [5, 5.41) is 0. The first-order valence-corrected chi connectivity index (χ1v) is 3.37. The largest absolute Gasteiger partial charge is 0.360 e. The van der Waals surface area contributed by atoms with Crippen LogP contribution in [-0.2, 0) is 0 Å². The van der Waals surface area contributed by atoms with Gasteiger partial charge in [0.25, 0.3) is 0 Å². The van der Waals surface area contributed by atoms with Crippen molar-refractivity contribution in [2.45, 2.75) is 6.92 Å². The molecule has 11 heavy (non-hydrogen) atoms. The topological polar surface area (TPSA) is 28.7 Å². The summed E-state index contributed by atoms with van der Waals surface area (Å²) in [6.45, 7) is 1.73. The highest BCUT2D eigenvalue weighted by molar-refractivity contribution is 5.77. The molecule has 0 aliphatic heterocycles. The zero-order chi connectivity index (χ0) is 7.84. The van der Waals surface area contributed by atoms with E-state index in [1.165, 1.54) is 6.20 Å². The monoisotopic (exact) mass is 150 g/mol. The number of aryl methyl sites for hydroxylation is 1. The molecule has 56 valence electrons. The first-order chi connectivity index (χ1) is 5.29. The minimum absolute atomic E-state index is 0.264. The molecule has 0 aliphatic carbocycles. The van der Waals surface area contributed by atoms with Crippen LogP contribution >= 0.6 is 0 Å². The standard InChI is InChI=1S/C8H7FN2/c1-5-6(9)4-11-7-2-3-10-8(5)7/h2-4,10H,1H3. The van der Waals surface area contributed by atoms with Crippen molar-refractivity contribution in [3.8, 4) is 0 Å². The van der Waals surface area contributed by atoms with Gasteiger partial charge < -0.3 is 4.98 Å². The van der Waals surface area contributed by atoms with Crippen molar-refractivity contribution in [2.24, 2.45) is 0 Å². The Morgan fingerprint density at radius 2 is 2.36 bits per heavy atom. The molecule has 0 atom stereocenters. The van der Waals surface area contributed by atoms with Crippen molar-refractivity contribution in [1.82, 2.24) is 9.97 Å². The predicted molar refractivity (Wildman–Crippen MR) is 40.8 cm³/mol. The van der Waals surface area contributed by atoms with Crippen molar-refractivity contribution < 1.29 is 4.39 Å². The highest BCUT2D eigenvalue weighted by Crippen LogP contribution is 2.15. The quantitative estimate of drug-likeness (QED) is 0.611. The number of halogens is 1. The van der Waals surface area contributed by atoms with E-state index in [1.54, 1.807) is 13.1 Å².